The van der Waals surface area contributed by atoms with Gasteiger partial charge in [-0.25, -0.2) is 9.97 Å². The average Bonchev–Trinajstić information content (AvgIpc) is 2.93. The molecule has 4 rings (SSSR count). The zero-order chi connectivity index (χ0) is 26.0. The molecule has 0 aliphatic rings. The monoisotopic (exact) mass is 500 g/mol. The number of rotatable bonds is 14. The molecule has 0 saturated carbocycles. The van der Waals surface area contributed by atoms with E-state index in [4.69, 9.17) is 19.4 Å². The molecule has 0 bridgehead atoms. The van der Waals surface area contributed by atoms with Crippen LogP contribution in [0.15, 0.2) is 54.6 Å². The standard InChI is InChI=1S/C31H40N4O2/c1-5-17-35(18-6-2)19-11-7-10-16-32-31-26-21-28(36-3)29(37-4)22-27(26)33-30(34-31)25-15-14-23-12-8-9-13-24(23)20-25/h8-9,12-15,20-22H,5-7,10-11,16-19H2,1-4H3,(H,32,33,34). The Hall–Kier alpha value is -3.38. The van der Waals surface area contributed by atoms with E-state index < -0.39 is 0 Å². The number of hydrogen-bond acceptors (Lipinski definition) is 6. The minimum Gasteiger partial charge on any atom is -0.493 e. The number of benzene rings is 3. The van der Waals surface area contributed by atoms with Gasteiger partial charge in [0.2, 0.25) is 0 Å². The van der Waals surface area contributed by atoms with E-state index in [0.29, 0.717) is 17.3 Å². The summed E-state index contributed by atoms with van der Waals surface area (Å²) in [7, 11) is 3.30. The number of unbranched alkanes of at least 4 members (excludes halogenated alkanes) is 2. The van der Waals surface area contributed by atoms with Crippen LogP contribution in [0.4, 0.5) is 5.82 Å². The first kappa shape index (κ1) is 26.7. The maximum atomic E-state index is 5.57. The van der Waals surface area contributed by atoms with E-state index in [2.05, 4.69) is 66.5 Å². The number of methoxy groups -OCH3 is 2. The Morgan fingerprint density at radius 2 is 1.49 bits per heavy atom. The SMILES string of the molecule is CCCN(CCC)CCCCCNc1nc(-c2ccc3ccccc3c2)nc2cc(OC)c(OC)cc12. The maximum absolute atomic E-state index is 5.57. The number of nitrogens with zero attached hydrogens (tertiary/aromatic N) is 3. The molecule has 196 valence electrons. The summed E-state index contributed by atoms with van der Waals surface area (Å²) in [6, 6.07) is 18.6. The highest BCUT2D eigenvalue weighted by Crippen LogP contribution is 2.35. The van der Waals surface area contributed by atoms with Crippen molar-refractivity contribution >= 4 is 27.5 Å². The van der Waals surface area contributed by atoms with Gasteiger partial charge in [-0.15, -0.1) is 0 Å². The summed E-state index contributed by atoms with van der Waals surface area (Å²) in [6.07, 6.45) is 5.94. The summed E-state index contributed by atoms with van der Waals surface area (Å²) in [5.74, 6) is 2.86. The Balaban J connectivity index is 1.55. The van der Waals surface area contributed by atoms with E-state index in [-0.39, 0.29) is 0 Å². The molecule has 37 heavy (non-hydrogen) atoms. The maximum Gasteiger partial charge on any atom is 0.162 e. The normalized spacial score (nSPS) is 11.4. The molecule has 6 nitrogen and oxygen atoms in total. The molecule has 0 amide bonds. The lowest BCUT2D eigenvalue weighted by Gasteiger charge is -2.20. The largest absolute Gasteiger partial charge is 0.493 e. The molecule has 0 saturated heterocycles. The van der Waals surface area contributed by atoms with Gasteiger partial charge in [-0.1, -0.05) is 56.7 Å². The van der Waals surface area contributed by atoms with Crippen LogP contribution in [0.5, 0.6) is 11.5 Å². The Bertz CT molecular complexity index is 1300. The topological polar surface area (TPSA) is 59.5 Å². The number of fused-ring (bicyclic) bond motifs is 2. The molecule has 6 heteroatoms. The lowest BCUT2D eigenvalue weighted by Crippen LogP contribution is -2.26. The molecule has 0 unspecified atom stereocenters. The fourth-order valence-corrected chi connectivity index (χ4v) is 4.86. The second-order valence-electron chi connectivity index (χ2n) is 9.51. The van der Waals surface area contributed by atoms with Crippen molar-refractivity contribution in [3.8, 4) is 22.9 Å². The van der Waals surface area contributed by atoms with Gasteiger partial charge in [0, 0.05) is 23.6 Å². The molecule has 1 N–H and O–H groups in total. The number of ether oxygens (including phenoxy) is 2. The van der Waals surface area contributed by atoms with Crippen molar-refractivity contribution in [3.05, 3.63) is 54.6 Å². The number of aromatic nitrogens is 2. The van der Waals surface area contributed by atoms with Crippen LogP contribution in [0.3, 0.4) is 0 Å². The van der Waals surface area contributed by atoms with Crippen molar-refractivity contribution < 1.29 is 9.47 Å². The van der Waals surface area contributed by atoms with Crippen molar-refractivity contribution in [2.45, 2.75) is 46.0 Å². The zero-order valence-electron chi connectivity index (χ0n) is 22.7. The Kier molecular flexibility index (Phi) is 9.55. The van der Waals surface area contributed by atoms with Gasteiger partial charge in [0.15, 0.2) is 17.3 Å². The minimum absolute atomic E-state index is 0.660. The third kappa shape index (κ3) is 6.69. The molecule has 0 aliphatic carbocycles. The number of hydrogen-bond donors (Lipinski definition) is 1. The van der Waals surface area contributed by atoms with E-state index in [1.165, 1.54) is 56.1 Å². The molecule has 0 atom stereocenters. The molecule has 0 fully saturated rings. The van der Waals surface area contributed by atoms with Crippen LogP contribution in [-0.4, -0.2) is 55.3 Å². The molecule has 0 spiro atoms. The molecular formula is C31H40N4O2. The molecule has 3 aromatic carbocycles. The van der Waals surface area contributed by atoms with Gasteiger partial charge in [-0.05, 0) is 68.2 Å². The van der Waals surface area contributed by atoms with E-state index in [0.717, 1.165) is 35.2 Å². The van der Waals surface area contributed by atoms with Crippen LogP contribution in [0, 0.1) is 0 Å². The minimum atomic E-state index is 0.660. The van der Waals surface area contributed by atoms with Gasteiger partial charge in [0.1, 0.15) is 5.82 Å². The third-order valence-electron chi connectivity index (χ3n) is 6.73. The van der Waals surface area contributed by atoms with Crippen molar-refractivity contribution in [1.82, 2.24) is 14.9 Å². The van der Waals surface area contributed by atoms with Crippen LogP contribution in [0.25, 0.3) is 33.1 Å². The van der Waals surface area contributed by atoms with Crippen molar-refractivity contribution in [2.24, 2.45) is 0 Å². The van der Waals surface area contributed by atoms with E-state index in [1.54, 1.807) is 14.2 Å². The molecule has 1 heterocycles. The van der Waals surface area contributed by atoms with Crippen LogP contribution in [-0.2, 0) is 0 Å². The second-order valence-corrected chi connectivity index (χ2v) is 9.51. The first-order valence-corrected chi connectivity index (χ1v) is 13.6. The predicted molar refractivity (Wildman–Crippen MR) is 155 cm³/mol. The van der Waals surface area contributed by atoms with Crippen LogP contribution < -0.4 is 14.8 Å². The van der Waals surface area contributed by atoms with Crippen molar-refractivity contribution in [3.63, 3.8) is 0 Å². The van der Waals surface area contributed by atoms with Crippen LogP contribution >= 0.6 is 0 Å². The highest BCUT2D eigenvalue weighted by Gasteiger charge is 2.14. The summed E-state index contributed by atoms with van der Waals surface area (Å²) in [5, 5.41) is 6.91. The Morgan fingerprint density at radius 3 is 2.22 bits per heavy atom. The molecule has 4 aromatic rings. The first-order valence-electron chi connectivity index (χ1n) is 13.6. The first-order chi connectivity index (χ1) is 18.2. The zero-order valence-corrected chi connectivity index (χ0v) is 22.7. The summed E-state index contributed by atoms with van der Waals surface area (Å²) in [6.45, 7) is 8.95. The molecule has 0 aliphatic heterocycles. The highest BCUT2D eigenvalue weighted by molar-refractivity contribution is 5.94. The van der Waals surface area contributed by atoms with Gasteiger partial charge in [-0.2, -0.15) is 0 Å². The highest BCUT2D eigenvalue weighted by atomic mass is 16.5. The van der Waals surface area contributed by atoms with Gasteiger partial charge in [0.25, 0.3) is 0 Å². The van der Waals surface area contributed by atoms with Gasteiger partial charge < -0.3 is 19.7 Å². The Morgan fingerprint density at radius 1 is 0.757 bits per heavy atom. The molecule has 0 radical (unpaired) electrons. The second kappa shape index (κ2) is 13.2. The quantitative estimate of drug-likeness (QED) is 0.185. The Labute approximate surface area is 221 Å². The summed E-state index contributed by atoms with van der Waals surface area (Å²) >= 11 is 0. The average molecular weight is 501 g/mol. The van der Waals surface area contributed by atoms with Crippen molar-refractivity contribution in [2.75, 3.05) is 45.7 Å². The number of nitrogens with one attached hydrogen (secondary N) is 1. The molecular weight excluding hydrogens is 460 g/mol. The summed E-state index contributed by atoms with van der Waals surface area (Å²) in [5.41, 5.74) is 1.82. The van der Waals surface area contributed by atoms with E-state index in [1.807, 2.05) is 12.1 Å². The molecule has 1 aromatic heterocycles. The lowest BCUT2D eigenvalue weighted by atomic mass is 10.1. The summed E-state index contributed by atoms with van der Waals surface area (Å²) in [4.78, 5) is 12.5. The summed E-state index contributed by atoms with van der Waals surface area (Å²) < 4.78 is 11.1. The van der Waals surface area contributed by atoms with E-state index in [9.17, 15) is 0 Å². The fraction of sp³-hybridized carbons (Fsp3) is 0.419. The van der Waals surface area contributed by atoms with Gasteiger partial charge in [0.05, 0.1) is 19.7 Å². The predicted octanol–water partition coefficient (Wildman–Crippen LogP) is 7.17. The van der Waals surface area contributed by atoms with Crippen LogP contribution in [0.2, 0.25) is 0 Å². The third-order valence-corrected chi connectivity index (χ3v) is 6.73. The van der Waals surface area contributed by atoms with Gasteiger partial charge >= 0.3 is 0 Å². The van der Waals surface area contributed by atoms with Gasteiger partial charge in [-0.3, -0.25) is 0 Å². The van der Waals surface area contributed by atoms with E-state index >= 15 is 0 Å². The number of anilines is 1. The smallest absolute Gasteiger partial charge is 0.162 e. The lowest BCUT2D eigenvalue weighted by molar-refractivity contribution is 0.268. The van der Waals surface area contributed by atoms with Crippen molar-refractivity contribution in [1.29, 1.82) is 0 Å². The van der Waals surface area contributed by atoms with Crippen LogP contribution in [0.1, 0.15) is 46.0 Å². The fourth-order valence-electron chi connectivity index (χ4n) is 4.86.